The number of benzene rings is 1. The van der Waals surface area contributed by atoms with Gasteiger partial charge in [-0.3, -0.25) is 0 Å². The first kappa shape index (κ1) is 12.4. The minimum atomic E-state index is 0.381. The normalized spacial score (nSPS) is 18.9. The van der Waals surface area contributed by atoms with Crippen LogP contribution in [0.2, 0.25) is 0 Å². The molecule has 2 rings (SSSR count). The summed E-state index contributed by atoms with van der Waals surface area (Å²) in [6.45, 7) is 8.72. The lowest BCUT2D eigenvalue weighted by atomic mass is 9.90. The average Bonchev–Trinajstić information content (AvgIpc) is 2.67. The molecule has 1 unspecified atom stereocenters. The zero-order valence-electron chi connectivity index (χ0n) is 11.1. The number of para-hydroxylation sites is 1. The minimum absolute atomic E-state index is 0.381. The summed E-state index contributed by atoms with van der Waals surface area (Å²) < 4.78 is 5.65. The molecule has 0 saturated heterocycles. The van der Waals surface area contributed by atoms with Crippen LogP contribution >= 0.6 is 0 Å². The Morgan fingerprint density at radius 2 is 2.06 bits per heavy atom. The Hall–Kier alpha value is -1.02. The topological polar surface area (TPSA) is 21.3 Å². The molecule has 0 spiro atoms. The van der Waals surface area contributed by atoms with Gasteiger partial charge in [-0.1, -0.05) is 39.0 Å². The van der Waals surface area contributed by atoms with Gasteiger partial charge in [-0.25, -0.2) is 0 Å². The van der Waals surface area contributed by atoms with Gasteiger partial charge in [-0.05, 0) is 30.9 Å². The van der Waals surface area contributed by atoms with E-state index in [9.17, 15) is 0 Å². The first-order valence-corrected chi connectivity index (χ1v) is 6.51. The molecule has 0 amide bonds. The third kappa shape index (κ3) is 3.47. The van der Waals surface area contributed by atoms with E-state index in [1.807, 2.05) is 12.1 Å². The maximum Gasteiger partial charge on any atom is 0.124 e. The summed E-state index contributed by atoms with van der Waals surface area (Å²) in [5.74, 6) is 1.04. The molecule has 94 valence electrons. The van der Waals surface area contributed by atoms with E-state index in [-0.39, 0.29) is 0 Å². The number of ether oxygens (including phenoxy) is 1. The lowest BCUT2D eigenvalue weighted by molar-refractivity contribution is 0.303. The Morgan fingerprint density at radius 1 is 1.29 bits per heavy atom. The Morgan fingerprint density at radius 3 is 2.82 bits per heavy atom. The second kappa shape index (κ2) is 5.09. The van der Waals surface area contributed by atoms with E-state index in [4.69, 9.17) is 4.74 Å². The summed E-state index contributed by atoms with van der Waals surface area (Å²) in [6.07, 6.45) is 2.48. The van der Waals surface area contributed by atoms with Crippen molar-refractivity contribution in [2.24, 2.45) is 5.41 Å². The number of rotatable bonds is 4. The van der Waals surface area contributed by atoms with E-state index < -0.39 is 0 Å². The fourth-order valence-electron chi connectivity index (χ4n) is 2.23. The molecule has 1 aliphatic rings. The molecular weight excluding hydrogens is 210 g/mol. The van der Waals surface area contributed by atoms with Crippen LogP contribution < -0.4 is 10.1 Å². The number of hydrogen-bond acceptors (Lipinski definition) is 2. The molecule has 1 atom stereocenters. The van der Waals surface area contributed by atoms with Crippen LogP contribution in [0.25, 0.3) is 0 Å². The summed E-state index contributed by atoms with van der Waals surface area (Å²) in [5, 5.41) is 3.59. The highest BCUT2D eigenvalue weighted by molar-refractivity contribution is 5.39. The molecule has 0 fully saturated rings. The van der Waals surface area contributed by atoms with Gasteiger partial charge in [-0.15, -0.1) is 0 Å². The second-order valence-corrected chi connectivity index (χ2v) is 6.02. The van der Waals surface area contributed by atoms with Crippen LogP contribution in [0.15, 0.2) is 24.3 Å². The van der Waals surface area contributed by atoms with Crippen LogP contribution in [0.4, 0.5) is 0 Å². The molecule has 0 aliphatic carbocycles. The van der Waals surface area contributed by atoms with Crippen LogP contribution in [0, 0.1) is 5.41 Å². The molecule has 1 heterocycles. The van der Waals surface area contributed by atoms with Crippen molar-refractivity contribution >= 4 is 0 Å². The lowest BCUT2D eigenvalue weighted by Gasteiger charge is -2.18. The molecule has 0 bridgehead atoms. The minimum Gasteiger partial charge on any atom is -0.491 e. The first-order valence-electron chi connectivity index (χ1n) is 6.51. The van der Waals surface area contributed by atoms with Crippen molar-refractivity contribution in [2.75, 3.05) is 13.2 Å². The molecule has 1 aliphatic heterocycles. The van der Waals surface area contributed by atoms with Crippen molar-refractivity contribution in [2.45, 2.75) is 39.7 Å². The van der Waals surface area contributed by atoms with Gasteiger partial charge in [-0.2, -0.15) is 0 Å². The molecule has 17 heavy (non-hydrogen) atoms. The highest BCUT2D eigenvalue weighted by atomic mass is 16.5. The Bertz CT molecular complexity index is 367. The van der Waals surface area contributed by atoms with Crippen molar-refractivity contribution in [1.29, 1.82) is 0 Å². The summed E-state index contributed by atoms with van der Waals surface area (Å²) in [6, 6.07) is 8.69. The van der Waals surface area contributed by atoms with Crippen LogP contribution in [-0.2, 0) is 0 Å². The number of fused-ring (bicyclic) bond motifs is 1. The predicted octanol–water partition coefficient (Wildman–Crippen LogP) is 3.54. The van der Waals surface area contributed by atoms with Crippen LogP contribution in [0.3, 0.4) is 0 Å². The lowest BCUT2D eigenvalue weighted by Crippen LogP contribution is -2.24. The van der Waals surface area contributed by atoms with Crippen molar-refractivity contribution < 1.29 is 4.74 Å². The molecule has 1 aromatic carbocycles. The van der Waals surface area contributed by atoms with Gasteiger partial charge >= 0.3 is 0 Å². The fraction of sp³-hybridized carbons (Fsp3) is 0.600. The highest BCUT2D eigenvalue weighted by Crippen LogP contribution is 2.31. The van der Waals surface area contributed by atoms with Gasteiger partial charge in [0.15, 0.2) is 0 Å². The zero-order chi connectivity index (χ0) is 12.3. The van der Waals surface area contributed by atoms with E-state index in [2.05, 4.69) is 38.2 Å². The van der Waals surface area contributed by atoms with E-state index in [0.29, 0.717) is 11.5 Å². The SMILES string of the molecule is CC(C)(C)CCCNC1COc2ccccc21. The Kier molecular flexibility index (Phi) is 3.72. The fourth-order valence-corrected chi connectivity index (χ4v) is 2.23. The molecule has 2 nitrogen and oxygen atoms in total. The van der Waals surface area contributed by atoms with Gasteiger partial charge in [0.25, 0.3) is 0 Å². The largest absolute Gasteiger partial charge is 0.491 e. The van der Waals surface area contributed by atoms with Crippen LogP contribution in [0.1, 0.15) is 45.2 Å². The third-order valence-electron chi connectivity index (χ3n) is 3.19. The van der Waals surface area contributed by atoms with Gasteiger partial charge < -0.3 is 10.1 Å². The third-order valence-corrected chi connectivity index (χ3v) is 3.19. The standard InChI is InChI=1S/C15H23NO/c1-15(2,3)9-6-10-16-13-11-17-14-8-5-4-7-12(13)14/h4-5,7-8,13,16H,6,9-11H2,1-3H3. The Labute approximate surface area is 104 Å². The quantitative estimate of drug-likeness (QED) is 0.803. The maximum absolute atomic E-state index is 5.65. The van der Waals surface area contributed by atoms with Gasteiger partial charge in [0.2, 0.25) is 0 Å². The number of nitrogens with one attached hydrogen (secondary N) is 1. The smallest absolute Gasteiger partial charge is 0.124 e. The average molecular weight is 233 g/mol. The maximum atomic E-state index is 5.65. The van der Waals surface area contributed by atoms with Gasteiger partial charge in [0, 0.05) is 5.56 Å². The molecular formula is C15H23NO. The number of hydrogen-bond donors (Lipinski definition) is 1. The van der Waals surface area contributed by atoms with Crippen LogP contribution in [0.5, 0.6) is 5.75 Å². The van der Waals surface area contributed by atoms with Crippen molar-refractivity contribution in [3.8, 4) is 5.75 Å². The van der Waals surface area contributed by atoms with Gasteiger partial charge in [0.05, 0.1) is 6.04 Å². The highest BCUT2D eigenvalue weighted by Gasteiger charge is 2.22. The molecule has 0 radical (unpaired) electrons. The molecule has 2 heteroatoms. The van der Waals surface area contributed by atoms with E-state index in [1.165, 1.54) is 18.4 Å². The van der Waals surface area contributed by atoms with Gasteiger partial charge in [0.1, 0.15) is 12.4 Å². The van der Waals surface area contributed by atoms with E-state index in [1.54, 1.807) is 0 Å². The Balaban J connectivity index is 1.78. The summed E-state index contributed by atoms with van der Waals surface area (Å²) in [5.41, 5.74) is 1.74. The van der Waals surface area contributed by atoms with Crippen molar-refractivity contribution in [3.63, 3.8) is 0 Å². The van der Waals surface area contributed by atoms with E-state index >= 15 is 0 Å². The summed E-state index contributed by atoms with van der Waals surface area (Å²) in [4.78, 5) is 0. The molecule has 1 aromatic rings. The van der Waals surface area contributed by atoms with Crippen molar-refractivity contribution in [3.05, 3.63) is 29.8 Å². The summed E-state index contributed by atoms with van der Waals surface area (Å²) in [7, 11) is 0. The predicted molar refractivity (Wildman–Crippen MR) is 71.4 cm³/mol. The molecule has 0 saturated carbocycles. The van der Waals surface area contributed by atoms with E-state index in [0.717, 1.165) is 18.9 Å². The molecule has 1 N–H and O–H groups in total. The van der Waals surface area contributed by atoms with Crippen molar-refractivity contribution in [1.82, 2.24) is 5.32 Å². The first-order chi connectivity index (χ1) is 8.06. The summed E-state index contributed by atoms with van der Waals surface area (Å²) >= 11 is 0. The van der Waals surface area contributed by atoms with Crippen LogP contribution in [-0.4, -0.2) is 13.2 Å². The molecule has 0 aromatic heterocycles. The monoisotopic (exact) mass is 233 g/mol. The zero-order valence-corrected chi connectivity index (χ0v) is 11.1. The second-order valence-electron chi connectivity index (χ2n) is 6.02.